The van der Waals surface area contributed by atoms with E-state index in [9.17, 15) is 0 Å². The van der Waals surface area contributed by atoms with Gasteiger partial charge in [0.05, 0.1) is 0 Å². The van der Waals surface area contributed by atoms with Gasteiger partial charge in [-0.1, -0.05) is 26.7 Å². The van der Waals surface area contributed by atoms with Gasteiger partial charge in [0.25, 0.3) is 0 Å². The molecule has 0 bridgehead atoms. The summed E-state index contributed by atoms with van der Waals surface area (Å²) in [5, 5.41) is 3.84. The van der Waals surface area contributed by atoms with Gasteiger partial charge in [-0.2, -0.15) is 0 Å². The molecule has 2 heteroatoms. The minimum atomic E-state index is 0.784. The van der Waals surface area contributed by atoms with Crippen LogP contribution in [0, 0.1) is 11.8 Å². The van der Waals surface area contributed by atoms with Crippen LogP contribution in [0.25, 0.3) is 0 Å². The molecule has 1 aliphatic carbocycles. The van der Waals surface area contributed by atoms with Crippen molar-refractivity contribution in [2.45, 2.75) is 84.2 Å². The van der Waals surface area contributed by atoms with Gasteiger partial charge in [0.15, 0.2) is 0 Å². The maximum atomic E-state index is 3.84. The second-order valence-electron chi connectivity index (χ2n) is 7.25. The van der Waals surface area contributed by atoms with Gasteiger partial charge >= 0.3 is 0 Å². The standard InChI is InChI=1S/C18H36N2/c1-4-11-19-18-10-9-16(5-2)13-17(18)14-20-12-7-6-8-15(20)3/h15-19H,4-14H2,1-3H3. The summed E-state index contributed by atoms with van der Waals surface area (Å²) in [5.74, 6) is 1.88. The van der Waals surface area contributed by atoms with E-state index < -0.39 is 0 Å². The van der Waals surface area contributed by atoms with E-state index in [1.165, 1.54) is 71.0 Å². The summed E-state index contributed by atoms with van der Waals surface area (Å²) in [6.45, 7) is 11.0. The minimum absolute atomic E-state index is 0.784. The molecule has 1 saturated carbocycles. The first kappa shape index (κ1) is 16.3. The summed E-state index contributed by atoms with van der Waals surface area (Å²) >= 11 is 0. The Bertz CT molecular complexity index is 266. The zero-order valence-electron chi connectivity index (χ0n) is 14.0. The molecule has 0 spiro atoms. The van der Waals surface area contributed by atoms with Crippen LogP contribution in [0.1, 0.15) is 72.1 Å². The van der Waals surface area contributed by atoms with Crippen LogP contribution in [-0.2, 0) is 0 Å². The first-order chi connectivity index (χ1) is 9.74. The maximum Gasteiger partial charge on any atom is 0.0108 e. The summed E-state index contributed by atoms with van der Waals surface area (Å²) in [7, 11) is 0. The van der Waals surface area contributed by atoms with Crippen LogP contribution in [0.3, 0.4) is 0 Å². The van der Waals surface area contributed by atoms with Gasteiger partial charge in [0, 0.05) is 18.6 Å². The van der Waals surface area contributed by atoms with Crippen molar-refractivity contribution in [1.82, 2.24) is 10.2 Å². The van der Waals surface area contributed by atoms with Crippen LogP contribution in [0.4, 0.5) is 0 Å². The molecule has 118 valence electrons. The topological polar surface area (TPSA) is 15.3 Å². The van der Waals surface area contributed by atoms with E-state index >= 15 is 0 Å². The van der Waals surface area contributed by atoms with Gasteiger partial charge in [-0.3, -0.25) is 0 Å². The van der Waals surface area contributed by atoms with E-state index in [1.54, 1.807) is 0 Å². The van der Waals surface area contributed by atoms with E-state index in [-0.39, 0.29) is 0 Å². The average molecular weight is 280 g/mol. The van der Waals surface area contributed by atoms with Crippen LogP contribution in [0.15, 0.2) is 0 Å². The molecule has 0 amide bonds. The third-order valence-corrected chi connectivity index (χ3v) is 5.73. The maximum absolute atomic E-state index is 3.84. The van der Waals surface area contributed by atoms with Crippen molar-refractivity contribution >= 4 is 0 Å². The highest BCUT2D eigenvalue weighted by atomic mass is 15.2. The second-order valence-corrected chi connectivity index (χ2v) is 7.25. The Kier molecular flexibility index (Phi) is 6.83. The fourth-order valence-electron chi connectivity index (χ4n) is 4.26. The number of likely N-dealkylation sites (tertiary alicyclic amines) is 1. The fraction of sp³-hybridized carbons (Fsp3) is 1.00. The van der Waals surface area contributed by atoms with Crippen molar-refractivity contribution in [3.63, 3.8) is 0 Å². The molecule has 2 fully saturated rings. The first-order valence-electron chi connectivity index (χ1n) is 9.22. The van der Waals surface area contributed by atoms with Crippen molar-refractivity contribution < 1.29 is 0 Å². The van der Waals surface area contributed by atoms with Crippen molar-refractivity contribution in [2.24, 2.45) is 11.8 Å². The van der Waals surface area contributed by atoms with E-state index in [1.807, 2.05) is 0 Å². The zero-order chi connectivity index (χ0) is 14.4. The lowest BCUT2D eigenvalue weighted by Gasteiger charge is -2.42. The Morgan fingerprint density at radius 3 is 2.65 bits per heavy atom. The second kappa shape index (κ2) is 8.38. The predicted molar refractivity (Wildman–Crippen MR) is 88.1 cm³/mol. The number of nitrogens with one attached hydrogen (secondary N) is 1. The zero-order valence-corrected chi connectivity index (χ0v) is 14.0. The largest absolute Gasteiger partial charge is 0.314 e. The molecule has 0 aromatic rings. The normalized spacial score (nSPS) is 36.1. The number of hydrogen-bond acceptors (Lipinski definition) is 2. The van der Waals surface area contributed by atoms with E-state index in [0.29, 0.717) is 0 Å². The molecule has 0 aromatic heterocycles. The monoisotopic (exact) mass is 280 g/mol. The smallest absolute Gasteiger partial charge is 0.0108 e. The Labute approximate surface area is 126 Å². The van der Waals surface area contributed by atoms with Gasteiger partial charge in [-0.15, -0.1) is 0 Å². The van der Waals surface area contributed by atoms with E-state index in [2.05, 4.69) is 31.0 Å². The number of piperidine rings is 1. The highest BCUT2D eigenvalue weighted by Gasteiger charge is 2.32. The molecule has 2 nitrogen and oxygen atoms in total. The minimum Gasteiger partial charge on any atom is -0.314 e. The van der Waals surface area contributed by atoms with Crippen molar-refractivity contribution in [2.75, 3.05) is 19.6 Å². The molecule has 4 atom stereocenters. The Morgan fingerprint density at radius 2 is 1.95 bits per heavy atom. The summed E-state index contributed by atoms with van der Waals surface area (Å²) in [4.78, 5) is 2.78. The lowest BCUT2D eigenvalue weighted by Crippen LogP contribution is -2.49. The Hall–Kier alpha value is -0.0800. The molecule has 2 rings (SSSR count). The summed E-state index contributed by atoms with van der Waals surface area (Å²) in [6.07, 6.45) is 11.2. The molecular formula is C18H36N2. The van der Waals surface area contributed by atoms with E-state index in [0.717, 1.165) is 23.9 Å². The highest BCUT2D eigenvalue weighted by molar-refractivity contribution is 4.88. The Balaban J connectivity index is 1.91. The number of rotatable bonds is 6. The van der Waals surface area contributed by atoms with Crippen molar-refractivity contribution in [3.8, 4) is 0 Å². The van der Waals surface area contributed by atoms with Crippen LogP contribution in [-0.4, -0.2) is 36.6 Å². The Morgan fingerprint density at radius 1 is 1.10 bits per heavy atom. The van der Waals surface area contributed by atoms with Gasteiger partial charge in [0.2, 0.25) is 0 Å². The molecule has 2 aliphatic rings. The van der Waals surface area contributed by atoms with E-state index in [4.69, 9.17) is 0 Å². The quantitative estimate of drug-likeness (QED) is 0.789. The molecule has 0 aromatic carbocycles. The third-order valence-electron chi connectivity index (χ3n) is 5.73. The predicted octanol–water partition coefficient (Wildman–Crippen LogP) is 4.06. The van der Waals surface area contributed by atoms with Gasteiger partial charge in [0.1, 0.15) is 0 Å². The molecule has 20 heavy (non-hydrogen) atoms. The SMILES string of the molecule is CCCNC1CCC(CC)CC1CN1CCCCC1C. The molecular weight excluding hydrogens is 244 g/mol. The summed E-state index contributed by atoms with van der Waals surface area (Å²) in [6, 6.07) is 1.60. The van der Waals surface area contributed by atoms with Crippen molar-refractivity contribution in [1.29, 1.82) is 0 Å². The molecule has 1 heterocycles. The molecule has 1 N–H and O–H groups in total. The summed E-state index contributed by atoms with van der Waals surface area (Å²) < 4.78 is 0. The van der Waals surface area contributed by atoms with Crippen LogP contribution < -0.4 is 5.32 Å². The summed E-state index contributed by atoms with van der Waals surface area (Å²) in [5.41, 5.74) is 0. The average Bonchev–Trinajstić information content (AvgIpc) is 2.48. The lowest BCUT2D eigenvalue weighted by atomic mass is 9.76. The molecule has 1 aliphatic heterocycles. The highest BCUT2D eigenvalue weighted by Crippen LogP contribution is 2.33. The lowest BCUT2D eigenvalue weighted by molar-refractivity contribution is 0.0924. The molecule has 1 saturated heterocycles. The van der Waals surface area contributed by atoms with Crippen LogP contribution >= 0.6 is 0 Å². The van der Waals surface area contributed by atoms with Gasteiger partial charge in [-0.05, 0) is 70.4 Å². The number of nitrogens with zero attached hydrogens (tertiary/aromatic N) is 1. The fourth-order valence-corrected chi connectivity index (χ4v) is 4.26. The van der Waals surface area contributed by atoms with Crippen LogP contribution in [0.5, 0.6) is 0 Å². The molecule has 4 unspecified atom stereocenters. The third kappa shape index (κ3) is 4.46. The number of hydrogen-bond donors (Lipinski definition) is 1. The van der Waals surface area contributed by atoms with Gasteiger partial charge < -0.3 is 10.2 Å². The van der Waals surface area contributed by atoms with Gasteiger partial charge in [-0.25, -0.2) is 0 Å². The molecule has 0 radical (unpaired) electrons. The van der Waals surface area contributed by atoms with Crippen LogP contribution in [0.2, 0.25) is 0 Å². The first-order valence-corrected chi connectivity index (χ1v) is 9.22. The van der Waals surface area contributed by atoms with Crippen molar-refractivity contribution in [3.05, 3.63) is 0 Å².